The number of carbonyl (C=O) groups is 2. The normalized spacial score (nSPS) is 13.7. The van der Waals surface area contributed by atoms with Crippen LogP contribution in [0.5, 0.6) is 0 Å². The molecular weight excluding hydrogens is 750 g/mol. The molecule has 0 aliphatic heterocycles. The molecule has 0 saturated heterocycles. The quantitative estimate of drug-likeness (QED) is 0.0196. The number of unbranched alkanes of at least 4 members (excludes halogenated alkanes) is 26. The molecule has 0 rings (SSSR count). The average molecular weight is 842 g/mol. The first-order valence-electron chi connectivity index (χ1n) is 24.0. The summed E-state index contributed by atoms with van der Waals surface area (Å²) < 4.78 is 34.0. The minimum absolute atomic E-state index is 0.0304. The Kier molecular flexibility index (Phi) is 39.8. The van der Waals surface area contributed by atoms with Gasteiger partial charge in [-0.25, -0.2) is 0 Å². The number of phosphoric ester groups is 1. The SMILES string of the molecule is CCCCCC/C=C/CCCCCCCCCC(=O)OC[C@H](COP(=O)([O-])OCC[N+](C)(C)C)OC(=O)CCCCCCCCCCC/C=C/CCCCCCCC. The average Bonchev–Trinajstić information content (AvgIpc) is 3.17. The molecule has 0 aromatic carbocycles. The maximum atomic E-state index is 12.7. The molecule has 0 N–H and O–H groups in total. The minimum Gasteiger partial charge on any atom is -0.756 e. The molecule has 10 heteroatoms. The van der Waals surface area contributed by atoms with E-state index in [-0.39, 0.29) is 32.0 Å². The smallest absolute Gasteiger partial charge is 0.306 e. The number of phosphoric acid groups is 1. The Morgan fingerprint density at radius 3 is 1.29 bits per heavy atom. The van der Waals surface area contributed by atoms with Gasteiger partial charge in [0.25, 0.3) is 7.82 Å². The van der Waals surface area contributed by atoms with Gasteiger partial charge in [-0.3, -0.25) is 14.2 Å². The molecule has 0 aromatic rings. The lowest BCUT2D eigenvalue weighted by atomic mass is 10.1. The zero-order valence-corrected chi connectivity index (χ0v) is 39.4. The van der Waals surface area contributed by atoms with Gasteiger partial charge in [-0.05, 0) is 64.2 Å². The van der Waals surface area contributed by atoms with E-state index >= 15 is 0 Å². The van der Waals surface area contributed by atoms with Crippen LogP contribution in [0.1, 0.15) is 219 Å². The van der Waals surface area contributed by atoms with Crippen LogP contribution in [-0.4, -0.2) is 70.0 Å². The molecule has 342 valence electrons. The lowest BCUT2D eigenvalue weighted by molar-refractivity contribution is -0.870. The molecule has 0 aliphatic carbocycles. The van der Waals surface area contributed by atoms with Crippen LogP contribution < -0.4 is 4.89 Å². The van der Waals surface area contributed by atoms with Gasteiger partial charge in [-0.1, -0.05) is 167 Å². The topological polar surface area (TPSA) is 111 Å². The molecule has 0 aliphatic rings. The summed E-state index contributed by atoms with van der Waals surface area (Å²) in [6.07, 6.45) is 44.8. The van der Waals surface area contributed by atoms with Crippen molar-refractivity contribution in [1.29, 1.82) is 0 Å². The van der Waals surface area contributed by atoms with Crippen LogP contribution in [0.3, 0.4) is 0 Å². The Morgan fingerprint density at radius 2 is 0.879 bits per heavy atom. The summed E-state index contributed by atoms with van der Waals surface area (Å²) in [6.45, 7) is 4.23. The highest BCUT2D eigenvalue weighted by molar-refractivity contribution is 7.45. The van der Waals surface area contributed by atoms with Crippen molar-refractivity contribution in [2.24, 2.45) is 0 Å². The third kappa shape index (κ3) is 44.1. The van der Waals surface area contributed by atoms with E-state index in [1.807, 2.05) is 21.1 Å². The molecule has 0 radical (unpaired) electrons. The molecule has 58 heavy (non-hydrogen) atoms. The van der Waals surface area contributed by atoms with Gasteiger partial charge in [0.1, 0.15) is 19.8 Å². The van der Waals surface area contributed by atoms with Crippen molar-refractivity contribution in [1.82, 2.24) is 0 Å². The number of hydrogen-bond donors (Lipinski definition) is 0. The molecular formula is C48H92NO8P. The number of carbonyl (C=O) groups excluding carboxylic acids is 2. The number of hydrogen-bond acceptors (Lipinski definition) is 8. The van der Waals surface area contributed by atoms with Crippen LogP contribution in [0, 0.1) is 0 Å². The second kappa shape index (κ2) is 40.9. The summed E-state index contributed by atoms with van der Waals surface area (Å²) in [6, 6.07) is 0. The second-order valence-electron chi connectivity index (χ2n) is 17.5. The highest BCUT2D eigenvalue weighted by Crippen LogP contribution is 2.38. The maximum Gasteiger partial charge on any atom is 0.306 e. The molecule has 0 spiro atoms. The number of ether oxygens (including phenoxy) is 2. The van der Waals surface area contributed by atoms with Gasteiger partial charge in [-0.2, -0.15) is 0 Å². The monoisotopic (exact) mass is 842 g/mol. The molecule has 9 nitrogen and oxygen atoms in total. The van der Waals surface area contributed by atoms with Crippen molar-refractivity contribution in [2.45, 2.75) is 225 Å². The molecule has 0 aromatic heterocycles. The Hall–Kier alpha value is -1.51. The lowest BCUT2D eigenvalue weighted by Crippen LogP contribution is -2.37. The van der Waals surface area contributed by atoms with Gasteiger partial charge >= 0.3 is 11.9 Å². The first kappa shape index (κ1) is 56.5. The van der Waals surface area contributed by atoms with E-state index in [1.165, 1.54) is 135 Å². The summed E-state index contributed by atoms with van der Waals surface area (Å²) >= 11 is 0. The number of likely N-dealkylation sites (N-methyl/N-ethyl adjacent to an activating group) is 1. The van der Waals surface area contributed by atoms with Gasteiger partial charge in [0.2, 0.25) is 0 Å². The van der Waals surface area contributed by atoms with Crippen molar-refractivity contribution in [3.8, 4) is 0 Å². The molecule has 1 unspecified atom stereocenters. The summed E-state index contributed by atoms with van der Waals surface area (Å²) in [5, 5.41) is 0. The third-order valence-corrected chi connectivity index (χ3v) is 11.4. The summed E-state index contributed by atoms with van der Waals surface area (Å²) in [5.74, 6) is -0.835. The molecule has 0 amide bonds. The minimum atomic E-state index is -4.63. The summed E-state index contributed by atoms with van der Waals surface area (Å²) in [5.41, 5.74) is 0. The molecule has 0 saturated carbocycles. The standard InChI is InChI=1S/C48H92NO8P/c1-6-8-10-12-14-16-18-20-22-23-24-25-27-29-31-33-35-37-39-41-48(51)57-46(45-56-58(52,53)55-43-42-49(3,4)5)44-54-47(50)40-38-36-34-32-30-28-26-21-19-17-15-13-11-9-7-2/h17,19-20,22,46H,6-16,18,21,23-45H2,1-5H3/b19-17+,22-20+/t46-/m1/s1. The molecule has 2 atom stereocenters. The maximum absolute atomic E-state index is 12.7. The number of allylic oxidation sites excluding steroid dienone is 4. The summed E-state index contributed by atoms with van der Waals surface area (Å²) in [7, 11) is 1.17. The molecule has 0 heterocycles. The van der Waals surface area contributed by atoms with Crippen molar-refractivity contribution < 1.29 is 42.1 Å². The largest absolute Gasteiger partial charge is 0.756 e. The first-order chi connectivity index (χ1) is 28.0. The predicted molar refractivity (Wildman–Crippen MR) is 241 cm³/mol. The van der Waals surface area contributed by atoms with E-state index in [4.69, 9.17) is 18.5 Å². The van der Waals surface area contributed by atoms with Crippen molar-refractivity contribution >= 4 is 19.8 Å². The van der Waals surface area contributed by atoms with E-state index < -0.39 is 26.5 Å². The van der Waals surface area contributed by atoms with Gasteiger partial charge < -0.3 is 27.9 Å². The van der Waals surface area contributed by atoms with Gasteiger partial charge in [0.05, 0.1) is 27.7 Å². The van der Waals surface area contributed by atoms with Crippen molar-refractivity contribution in [3.63, 3.8) is 0 Å². The zero-order chi connectivity index (χ0) is 42.8. The van der Waals surface area contributed by atoms with Crippen LogP contribution in [0.2, 0.25) is 0 Å². The number of quaternary nitrogens is 1. The van der Waals surface area contributed by atoms with Crippen LogP contribution in [0.25, 0.3) is 0 Å². The Balaban J connectivity index is 4.29. The fourth-order valence-corrected chi connectivity index (χ4v) is 7.37. The number of rotatable bonds is 44. The Morgan fingerprint density at radius 1 is 0.517 bits per heavy atom. The second-order valence-corrected chi connectivity index (χ2v) is 18.9. The lowest BCUT2D eigenvalue weighted by Gasteiger charge is -2.28. The predicted octanol–water partition coefficient (Wildman–Crippen LogP) is 13.3. The fraction of sp³-hybridized carbons (Fsp3) is 0.875. The van der Waals surface area contributed by atoms with E-state index in [9.17, 15) is 19.0 Å². The van der Waals surface area contributed by atoms with Crippen molar-refractivity contribution in [3.05, 3.63) is 24.3 Å². The summed E-state index contributed by atoms with van der Waals surface area (Å²) in [4.78, 5) is 37.6. The Labute approximate surface area is 358 Å². The first-order valence-corrected chi connectivity index (χ1v) is 25.5. The van der Waals surface area contributed by atoms with E-state index in [0.717, 1.165) is 51.4 Å². The van der Waals surface area contributed by atoms with Crippen LogP contribution in [0.15, 0.2) is 24.3 Å². The third-order valence-electron chi connectivity index (χ3n) is 10.4. The fourth-order valence-electron chi connectivity index (χ4n) is 6.64. The van der Waals surface area contributed by atoms with Crippen LogP contribution in [0.4, 0.5) is 0 Å². The van der Waals surface area contributed by atoms with E-state index in [2.05, 4.69) is 38.2 Å². The molecule has 0 bridgehead atoms. The number of nitrogens with zero attached hydrogens (tertiary/aromatic N) is 1. The van der Waals surface area contributed by atoms with Gasteiger partial charge in [-0.15, -0.1) is 0 Å². The van der Waals surface area contributed by atoms with E-state index in [0.29, 0.717) is 17.4 Å². The Bertz CT molecular complexity index is 1040. The van der Waals surface area contributed by atoms with Gasteiger partial charge in [0, 0.05) is 12.8 Å². The van der Waals surface area contributed by atoms with E-state index in [1.54, 1.807) is 0 Å². The molecule has 0 fully saturated rings. The van der Waals surface area contributed by atoms with Crippen molar-refractivity contribution in [2.75, 3.05) is 47.5 Å². The van der Waals surface area contributed by atoms with Crippen LogP contribution >= 0.6 is 7.82 Å². The highest BCUT2D eigenvalue weighted by atomic mass is 31.2. The zero-order valence-electron chi connectivity index (χ0n) is 38.5. The van der Waals surface area contributed by atoms with Crippen LogP contribution in [-0.2, 0) is 32.7 Å². The highest BCUT2D eigenvalue weighted by Gasteiger charge is 2.21. The van der Waals surface area contributed by atoms with Gasteiger partial charge in [0.15, 0.2) is 6.10 Å². The number of esters is 2.